The molecule has 0 saturated heterocycles. The molecular weight excluding hydrogens is 302 g/mol. The second kappa shape index (κ2) is 4.33. The third-order valence-electron chi connectivity index (χ3n) is 1.92. The number of nitrogens with two attached hydrogens (primary N) is 1. The van der Waals surface area contributed by atoms with E-state index in [4.69, 9.17) is 17.3 Å². The first kappa shape index (κ1) is 10.6. The highest BCUT2D eigenvalue weighted by Crippen LogP contribution is 2.32. The molecule has 5 heteroatoms. The first-order chi connectivity index (χ1) is 6.68. The Morgan fingerprint density at radius 2 is 2.14 bits per heavy atom. The summed E-state index contributed by atoms with van der Waals surface area (Å²) in [4.78, 5) is 0. The molecule has 0 amide bonds. The maximum absolute atomic E-state index is 6.10. The second-order valence-corrected chi connectivity index (χ2v) is 5.98. The van der Waals surface area contributed by atoms with E-state index in [9.17, 15) is 0 Å². The fourth-order valence-electron chi connectivity index (χ4n) is 1.18. The zero-order valence-electron chi connectivity index (χ0n) is 7.04. The van der Waals surface area contributed by atoms with E-state index in [0.29, 0.717) is 0 Å². The van der Waals surface area contributed by atoms with Crippen LogP contribution in [0.25, 0.3) is 0 Å². The largest absolute Gasteiger partial charge is 0.320 e. The van der Waals surface area contributed by atoms with Crippen molar-refractivity contribution in [3.05, 3.63) is 42.1 Å². The molecule has 74 valence electrons. The van der Waals surface area contributed by atoms with Crippen LogP contribution < -0.4 is 5.73 Å². The predicted octanol–water partition coefficient (Wildman–Crippen LogP) is 4.27. The van der Waals surface area contributed by atoms with Gasteiger partial charge in [-0.15, -0.1) is 11.3 Å². The van der Waals surface area contributed by atoms with Gasteiger partial charge in [0.15, 0.2) is 0 Å². The average Bonchev–Trinajstić information content (AvgIpc) is 2.73. The number of hydrogen-bond donors (Lipinski definition) is 1. The minimum atomic E-state index is -0.0839. The first-order valence-electron chi connectivity index (χ1n) is 3.89. The zero-order valence-corrected chi connectivity index (χ0v) is 11.0. The summed E-state index contributed by atoms with van der Waals surface area (Å²) >= 11 is 12.5. The molecule has 0 aliphatic heterocycles. The van der Waals surface area contributed by atoms with Crippen LogP contribution in [0.5, 0.6) is 0 Å². The minimum Gasteiger partial charge on any atom is -0.320 e. The molecule has 0 aromatic carbocycles. The first-order valence-corrected chi connectivity index (χ1v) is 6.89. The van der Waals surface area contributed by atoms with Gasteiger partial charge in [0.05, 0.1) is 10.4 Å². The van der Waals surface area contributed by atoms with Crippen molar-refractivity contribution in [3.8, 4) is 0 Å². The van der Waals surface area contributed by atoms with Gasteiger partial charge in [-0.2, -0.15) is 11.3 Å². The van der Waals surface area contributed by atoms with Crippen molar-refractivity contribution in [2.75, 3.05) is 0 Å². The highest BCUT2D eigenvalue weighted by Gasteiger charge is 2.14. The zero-order chi connectivity index (χ0) is 10.1. The van der Waals surface area contributed by atoms with E-state index in [1.807, 2.05) is 16.8 Å². The van der Waals surface area contributed by atoms with E-state index in [-0.39, 0.29) is 6.04 Å². The molecule has 1 nitrogen and oxygen atoms in total. The SMILES string of the molecule is NC(c1csc(Cl)c1)c1cscc1Br. The maximum Gasteiger partial charge on any atom is 0.0931 e. The second-order valence-electron chi connectivity index (χ2n) is 2.84. The molecule has 2 N–H and O–H groups in total. The van der Waals surface area contributed by atoms with Gasteiger partial charge in [0.2, 0.25) is 0 Å². The summed E-state index contributed by atoms with van der Waals surface area (Å²) in [5.74, 6) is 0. The van der Waals surface area contributed by atoms with Crippen LogP contribution >= 0.6 is 50.2 Å². The van der Waals surface area contributed by atoms with Gasteiger partial charge in [0.1, 0.15) is 0 Å². The molecule has 0 aliphatic rings. The van der Waals surface area contributed by atoms with Gasteiger partial charge in [-0.3, -0.25) is 0 Å². The van der Waals surface area contributed by atoms with E-state index in [1.165, 1.54) is 11.3 Å². The average molecular weight is 309 g/mol. The Hall–Kier alpha value is 0.130. The van der Waals surface area contributed by atoms with Crippen molar-refractivity contribution in [2.45, 2.75) is 6.04 Å². The normalized spacial score (nSPS) is 13.1. The van der Waals surface area contributed by atoms with Crippen molar-refractivity contribution < 1.29 is 0 Å². The highest BCUT2D eigenvalue weighted by molar-refractivity contribution is 9.10. The van der Waals surface area contributed by atoms with Crippen LogP contribution in [0, 0.1) is 0 Å². The standard InChI is InChI=1S/C9H7BrClNS2/c10-7-4-13-3-6(7)9(12)5-1-8(11)14-2-5/h1-4,9H,12H2. The van der Waals surface area contributed by atoms with Crippen LogP contribution in [0.4, 0.5) is 0 Å². The summed E-state index contributed by atoms with van der Waals surface area (Å²) in [5, 5.41) is 6.08. The molecular formula is C9H7BrClNS2. The molecule has 14 heavy (non-hydrogen) atoms. The van der Waals surface area contributed by atoms with Crippen LogP contribution in [0.15, 0.2) is 26.7 Å². The molecule has 0 spiro atoms. The van der Waals surface area contributed by atoms with E-state index in [1.54, 1.807) is 11.3 Å². The van der Waals surface area contributed by atoms with Crippen LogP contribution in [0.1, 0.15) is 17.2 Å². The number of thiophene rings is 2. The summed E-state index contributed by atoms with van der Waals surface area (Å²) in [5.41, 5.74) is 8.28. The van der Waals surface area contributed by atoms with Gasteiger partial charge in [-0.05, 0) is 43.9 Å². The van der Waals surface area contributed by atoms with Crippen LogP contribution in [-0.2, 0) is 0 Å². The van der Waals surface area contributed by atoms with Gasteiger partial charge in [0.25, 0.3) is 0 Å². The molecule has 0 bridgehead atoms. The third kappa shape index (κ3) is 2.04. The molecule has 2 rings (SSSR count). The lowest BCUT2D eigenvalue weighted by molar-refractivity contribution is 0.877. The molecule has 1 atom stereocenters. The maximum atomic E-state index is 6.10. The molecule has 0 saturated carbocycles. The lowest BCUT2D eigenvalue weighted by Gasteiger charge is -2.08. The summed E-state index contributed by atoms with van der Waals surface area (Å²) < 4.78 is 1.85. The van der Waals surface area contributed by atoms with E-state index < -0.39 is 0 Å². The van der Waals surface area contributed by atoms with Gasteiger partial charge < -0.3 is 5.73 Å². The monoisotopic (exact) mass is 307 g/mol. The van der Waals surface area contributed by atoms with Crippen LogP contribution in [-0.4, -0.2) is 0 Å². The van der Waals surface area contributed by atoms with Crippen molar-refractivity contribution >= 4 is 50.2 Å². The number of rotatable bonds is 2. The molecule has 2 aromatic rings. The lowest BCUT2D eigenvalue weighted by Crippen LogP contribution is -2.10. The predicted molar refractivity (Wildman–Crippen MR) is 67.4 cm³/mol. The van der Waals surface area contributed by atoms with E-state index >= 15 is 0 Å². The van der Waals surface area contributed by atoms with Crippen molar-refractivity contribution in [2.24, 2.45) is 5.73 Å². The topological polar surface area (TPSA) is 26.0 Å². The van der Waals surface area contributed by atoms with E-state index in [0.717, 1.165) is 19.9 Å². The molecule has 0 aliphatic carbocycles. The molecule has 2 heterocycles. The summed E-state index contributed by atoms with van der Waals surface area (Å²) in [6.07, 6.45) is 0. The van der Waals surface area contributed by atoms with Gasteiger partial charge in [-0.25, -0.2) is 0 Å². The summed E-state index contributed by atoms with van der Waals surface area (Å²) in [6, 6.07) is 1.83. The van der Waals surface area contributed by atoms with Gasteiger partial charge in [-0.1, -0.05) is 11.6 Å². The molecule has 2 aromatic heterocycles. The fourth-order valence-corrected chi connectivity index (χ4v) is 3.69. The Balaban J connectivity index is 2.33. The fraction of sp³-hybridized carbons (Fsp3) is 0.111. The third-order valence-corrected chi connectivity index (χ3v) is 4.79. The summed E-state index contributed by atoms with van der Waals surface area (Å²) in [6.45, 7) is 0. The number of halogens is 2. The summed E-state index contributed by atoms with van der Waals surface area (Å²) in [7, 11) is 0. The number of hydrogen-bond acceptors (Lipinski definition) is 3. The Bertz CT molecular complexity index is 437. The van der Waals surface area contributed by atoms with Crippen LogP contribution in [0.3, 0.4) is 0 Å². The molecule has 0 fully saturated rings. The van der Waals surface area contributed by atoms with Crippen molar-refractivity contribution in [1.82, 2.24) is 0 Å². The smallest absolute Gasteiger partial charge is 0.0931 e. The Morgan fingerprint density at radius 1 is 1.36 bits per heavy atom. The minimum absolute atomic E-state index is 0.0839. The van der Waals surface area contributed by atoms with Crippen molar-refractivity contribution in [3.63, 3.8) is 0 Å². The van der Waals surface area contributed by atoms with Crippen LogP contribution in [0.2, 0.25) is 4.34 Å². The van der Waals surface area contributed by atoms with Crippen molar-refractivity contribution in [1.29, 1.82) is 0 Å². The molecule has 1 unspecified atom stereocenters. The Labute approximate surface area is 104 Å². The Morgan fingerprint density at radius 3 is 2.64 bits per heavy atom. The lowest BCUT2D eigenvalue weighted by atomic mass is 10.1. The quantitative estimate of drug-likeness (QED) is 0.880. The van der Waals surface area contributed by atoms with Gasteiger partial charge >= 0.3 is 0 Å². The van der Waals surface area contributed by atoms with Gasteiger partial charge in [0, 0.05) is 9.85 Å². The molecule has 0 radical (unpaired) electrons. The highest BCUT2D eigenvalue weighted by atomic mass is 79.9. The van der Waals surface area contributed by atoms with E-state index in [2.05, 4.69) is 21.3 Å². The Kier molecular flexibility index (Phi) is 3.29.